The minimum atomic E-state index is -0.594. The van der Waals surface area contributed by atoms with Crippen molar-refractivity contribution in [3.8, 4) is 5.75 Å². The predicted octanol–water partition coefficient (Wildman–Crippen LogP) is 3.19. The average molecular weight is 414 g/mol. The van der Waals surface area contributed by atoms with Crippen LogP contribution in [-0.4, -0.2) is 28.1 Å². The Morgan fingerprint density at radius 3 is 2.47 bits per heavy atom. The summed E-state index contributed by atoms with van der Waals surface area (Å²) in [4.78, 5) is 40.4. The number of carbonyl (C=O) groups excluding carboxylic acids is 1. The maximum atomic E-state index is 12.9. The van der Waals surface area contributed by atoms with E-state index < -0.39 is 17.2 Å². The van der Waals surface area contributed by atoms with Crippen LogP contribution < -0.4 is 21.3 Å². The third-order valence-corrected chi connectivity index (χ3v) is 5.76. The summed E-state index contributed by atoms with van der Waals surface area (Å²) in [5.74, 6) is -0.0249. The van der Waals surface area contributed by atoms with Crippen LogP contribution in [0.2, 0.25) is 0 Å². The molecule has 7 nitrogen and oxygen atoms in total. The number of carbonyl (C=O) groups is 1. The number of aromatic amines is 1. The van der Waals surface area contributed by atoms with Crippen molar-refractivity contribution in [3.63, 3.8) is 0 Å². The van der Waals surface area contributed by atoms with Crippen molar-refractivity contribution in [1.29, 1.82) is 0 Å². The molecular formula is C23H31N3O4. The Morgan fingerprint density at radius 2 is 1.83 bits per heavy atom. The quantitative estimate of drug-likeness (QED) is 0.650. The summed E-state index contributed by atoms with van der Waals surface area (Å²) >= 11 is 0. The maximum Gasteiger partial charge on any atom is 0.329 e. The zero-order chi connectivity index (χ0) is 21.5. The number of H-pyrrole nitrogens is 1. The zero-order valence-electron chi connectivity index (χ0n) is 17.8. The first-order valence-electron chi connectivity index (χ1n) is 10.9. The van der Waals surface area contributed by atoms with Crippen LogP contribution in [0.15, 0.2) is 39.9 Å². The molecule has 7 heteroatoms. The SMILES string of the molecule is CCCCOc1c(C(=O)N[C@H]2CC[C@@H](c3ccccc3)CC2)[nH]c(=O)n(CC)c1=O. The molecule has 0 atom stereocenters. The molecule has 30 heavy (non-hydrogen) atoms. The third kappa shape index (κ3) is 5.01. The van der Waals surface area contributed by atoms with Gasteiger partial charge in [0, 0.05) is 12.6 Å². The topological polar surface area (TPSA) is 93.2 Å². The van der Waals surface area contributed by atoms with Gasteiger partial charge in [0.1, 0.15) is 0 Å². The lowest BCUT2D eigenvalue weighted by Gasteiger charge is -2.29. The zero-order valence-corrected chi connectivity index (χ0v) is 17.8. The Bertz CT molecular complexity index is 957. The molecule has 0 bridgehead atoms. The number of benzene rings is 1. The van der Waals surface area contributed by atoms with Crippen molar-refractivity contribution in [2.24, 2.45) is 0 Å². The molecule has 1 aliphatic rings. The first kappa shape index (κ1) is 21.9. The van der Waals surface area contributed by atoms with E-state index in [4.69, 9.17) is 4.74 Å². The standard InChI is InChI=1S/C23H31N3O4/c1-3-5-15-30-20-19(25-23(29)26(4-2)22(20)28)21(27)24-18-13-11-17(12-14-18)16-9-7-6-8-10-16/h6-10,17-18H,3-5,11-15H2,1-2H3,(H,24,27)(H,25,29)/t17-,18+. The first-order chi connectivity index (χ1) is 14.5. The van der Waals surface area contributed by atoms with Crippen molar-refractivity contribution in [3.05, 3.63) is 62.4 Å². The van der Waals surface area contributed by atoms with Gasteiger partial charge in [0.05, 0.1) is 6.61 Å². The van der Waals surface area contributed by atoms with E-state index in [0.717, 1.165) is 43.1 Å². The normalized spacial score (nSPS) is 18.7. The van der Waals surface area contributed by atoms with Gasteiger partial charge in [-0.3, -0.25) is 19.1 Å². The van der Waals surface area contributed by atoms with Crippen LogP contribution in [0.3, 0.4) is 0 Å². The van der Waals surface area contributed by atoms with Gasteiger partial charge < -0.3 is 10.1 Å². The number of hydrogen-bond acceptors (Lipinski definition) is 4. The molecule has 1 heterocycles. The van der Waals surface area contributed by atoms with Crippen LogP contribution in [0, 0.1) is 0 Å². The molecule has 0 spiro atoms. The molecule has 2 aromatic rings. The summed E-state index contributed by atoms with van der Waals surface area (Å²) in [5, 5.41) is 2.99. The second-order valence-corrected chi connectivity index (χ2v) is 7.82. The summed E-state index contributed by atoms with van der Waals surface area (Å²) < 4.78 is 6.67. The van der Waals surface area contributed by atoms with Gasteiger partial charge in [-0.05, 0) is 50.5 Å². The molecule has 1 amide bonds. The van der Waals surface area contributed by atoms with Gasteiger partial charge in [-0.25, -0.2) is 4.79 Å². The summed E-state index contributed by atoms with van der Waals surface area (Å²) in [6.07, 6.45) is 5.35. The Morgan fingerprint density at radius 1 is 1.13 bits per heavy atom. The molecule has 0 unspecified atom stereocenters. The largest absolute Gasteiger partial charge is 0.486 e. The second kappa shape index (κ2) is 10.3. The number of nitrogens with one attached hydrogen (secondary N) is 2. The minimum absolute atomic E-state index is 0.0121. The summed E-state index contributed by atoms with van der Waals surface area (Å²) in [6.45, 7) is 4.25. The average Bonchev–Trinajstić information content (AvgIpc) is 2.76. The lowest BCUT2D eigenvalue weighted by atomic mass is 9.82. The number of amides is 1. The highest BCUT2D eigenvalue weighted by Crippen LogP contribution is 2.32. The number of rotatable bonds is 8. The molecule has 1 aromatic carbocycles. The van der Waals surface area contributed by atoms with Crippen LogP contribution >= 0.6 is 0 Å². The Hall–Kier alpha value is -2.83. The van der Waals surface area contributed by atoms with Gasteiger partial charge in [-0.1, -0.05) is 43.7 Å². The van der Waals surface area contributed by atoms with Gasteiger partial charge >= 0.3 is 5.69 Å². The fourth-order valence-corrected chi connectivity index (χ4v) is 4.01. The van der Waals surface area contributed by atoms with Gasteiger partial charge in [-0.2, -0.15) is 0 Å². The first-order valence-corrected chi connectivity index (χ1v) is 10.9. The number of aromatic nitrogens is 2. The lowest BCUT2D eigenvalue weighted by molar-refractivity contribution is 0.0914. The van der Waals surface area contributed by atoms with Crippen molar-refractivity contribution in [2.45, 2.75) is 70.9 Å². The van der Waals surface area contributed by atoms with E-state index in [9.17, 15) is 14.4 Å². The van der Waals surface area contributed by atoms with E-state index in [1.165, 1.54) is 5.56 Å². The van der Waals surface area contributed by atoms with Crippen molar-refractivity contribution in [2.75, 3.05) is 6.61 Å². The van der Waals surface area contributed by atoms with E-state index in [1.807, 2.05) is 13.0 Å². The third-order valence-electron chi connectivity index (χ3n) is 5.76. The second-order valence-electron chi connectivity index (χ2n) is 7.82. The molecule has 1 aliphatic carbocycles. The molecule has 2 N–H and O–H groups in total. The Labute approximate surface area is 176 Å². The van der Waals surface area contributed by atoms with Crippen LogP contribution in [0.4, 0.5) is 0 Å². The number of hydrogen-bond donors (Lipinski definition) is 2. The van der Waals surface area contributed by atoms with Crippen LogP contribution in [0.25, 0.3) is 0 Å². The Balaban J connectivity index is 1.72. The monoisotopic (exact) mass is 413 g/mol. The number of ether oxygens (including phenoxy) is 1. The van der Waals surface area contributed by atoms with E-state index in [-0.39, 0.29) is 24.0 Å². The highest BCUT2D eigenvalue weighted by Gasteiger charge is 2.26. The van der Waals surface area contributed by atoms with Crippen molar-refractivity contribution in [1.82, 2.24) is 14.9 Å². The van der Waals surface area contributed by atoms with Gasteiger partial charge in [0.15, 0.2) is 5.69 Å². The van der Waals surface area contributed by atoms with E-state index >= 15 is 0 Å². The number of nitrogens with zero attached hydrogens (tertiary/aromatic N) is 1. The van der Waals surface area contributed by atoms with Crippen LogP contribution in [0.5, 0.6) is 5.75 Å². The van der Waals surface area contributed by atoms with Crippen molar-refractivity contribution >= 4 is 5.91 Å². The molecule has 3 rings (SSSR count). The van der Waals surface area contributed by atoms with E-state index in [0.29, 0.717) is 12.5 Å². The summed E-state index contributed by atoms with van der Waals surface area (Å²) in [5.41, 5.74) is 0.107. The lowest BCUT2D eigenvalue weighted by Crippen LogP contribution is -2.42. The fraction of sp³-hybridized carbons (Fsp3) is 0.522. The Kier molecular flexibility index (Phi) is 7.49. The smallest absolute Gasteiger partial charge is 0.329 e. The molecule has 0 aliphatic heterocycles. The van der Waals surface area contributed by atoms with Crippen LogP contribution in [-0.2, 0) is 6.54 Å². The van der Waals surface area contributed by atoms with Crippen LogP contribution in [0.1, 0.15) is 74.3 Å². The molecular weight excluding hydrogens is 382 g/mol. The van der Waals surface area contributed by atoms with E-state index in [1.54, 1.807) is 6.92 Å². The highest BCUT2D eigenvalue weighted by atomic mass is 16.5. The molecule has 1 saturated carbocycles. The molecule has 1 fully saturated rings. The number of unbranched alkanes of at least 4 members (excludes halogenated alkanes) is 1. The summed E-state index contributed by atoms with van der Waals surface area (Å²) in [6, 6.07) is 10.4. The predicted molar refractivity (Wildman–Crippen MR) is 116 cm³/mol. The van der Waals surface area contributed by atoms with Gasteiger partial charge in [0.2, 0.25) is 5.75 Å². The maximum absolute atomic E-state index is 12.9. The highest BCUT2D eigenvalue weighted by molar-refractivity contribution is 5.94. The molecule has 1 aromatic heterocycles. The van der Waals surface area contributed by atoms with Crippen molar-refractivity contribution < 1.29 is 9.53 Å². The summed E-state index contributed by atoms with van der Waals surface area (Å²) in [7, 11) is 0. The molecule has 162 valence electrons. The minimum Gasteiger partial charge on any atom is -0.486 e. The fourth-order valence-electron chi connectivity index (χ4n) is 4.01. The van der Waals surface area contributed by atoms with Gasteiger partial charge in [0.25, 0.3) is 11.5 Å². The molecule has 0 saturated heterocycles. The van der Waals surface area contributed by atoms with Gasteiger partial charge in [-0.15, -0.1) is 0 Å². The van der Waals surface area contributed by atoms with E-state index in [2.05, 4.69) is 34.6 Å². The molecule has 0 radical (unpaired) electrons.